The Morgan fingerprint density at radius 3 is 2.44 bits per heavy atom. The van der Waals surface area contributed by atoms with Gasteiger partial charge in [0.1, 0.15) is 12.2 Å². The molecule has 160 valence electrons. The molecule has 0 aromatic heterocycles. The van der Waals surface area contributed by atoms with E-state index in [1.165, 1.54) is 24.3 Å². The average molecular weight is 450 g/mol. The van der Waals surface area contributed by atoms with Crippen LogP contribution in [-0.2, 0) is 16.2 Å². The van der Waals surface area contributed by atoms with Gasteiger partial charge in [0.2, 0.25) is 5.75 Å². The number of hydrogen-bond acceptors (Lipinski definition) is 5. The molecule has 0 bridgehead atoms. The van der Waals surface area contributed by atoms with E-state index < -0.39 is 16.7 Å². The number of nitro benzene ring substituents is 1. The molecule has 0 aliphatic carbocycles. The molecule has 4 rings (SSSR count). The molecule has 0 atom stereocenters. The number of para-hydroxylation sites is 2. The second-order valence-electron chi connectivity index (χ2n) is 6.81. The molecular weight excluding hydrogens is 434 g/mol. The van der Waals surface area contributed by atoms with Gasteiger partial charge in [0.15, 0.2) is 0 Å². The molecule has 0 unspecified atom stereocenters. The van der Waals surface area contributed by atoms with E-state index in [2.05, 4.69) is 5.43 Å². The number of rotatable bonds is 6. The van der Waals surface area contributed by atoms with Crippen molar-refractivity contribution in [2.75, 3.05) is 5.01 Å². The second-order valence-corrected chi connectivity index (χ2v) is 7.21. The van der Waals surface area contributed by atoms with Crippen LogP contribution in [0.25, 0.3) is 6.08 Å². The third kappa shape index (κ3) is 4.17. The number of hydrazine groups is 1. The van der Waals surface area contributed by atoms with Crippen molar-refractivity contribution < 1.29 is 19.2 Å². The van der Waals surface area contributed by atoms with Gasteiger partial charge >= 0.3 is 5.69 Å². The Morgan fingerprint density at radius 1 is 1.00 bits per heavy atom. The van der Waals surface area contributed by atoms with Crippen molar-refractivity contribution in [1.29, 1.82) is 0 Å². The molecule has 0 saturated carbocycles. The van der Waals surface area contributed by atoms with Crippen molar-refractivity contribution in [3.8, 4) is 5.75 Å². The van der Waals surface area contributed by atoms with Crippen LogP contribution in [0.4, 0.5) is 11.4 Å². The lowest BCUT2D eigenvalue weighted by molar-refractivity contribution is -0.386. The lowest BCUT2D eigenvalue weighted by Crippen LogP contribution is -2.35. The van der Waals surface area contributed by atoms with Crippen molar-refractivity contribution in [3.63, 3.8) is 0 Å². The van der Waals surface area contributed by atoms with Gasteiger partial charge < -0.3 is 4.74 Å². The number of benzene rings is 3. The lowest BCUT2D eigenvalue weighted by Gasteiger charge is -2.14. The molecule has 1 aliphatic heterocycles. The molecule has 9 heteroatoms. The third-order valence-electron chi connectivity index (χ3n) is 4.76. The fourth-order valence-electron chi connectivity index (χ4n) is 3.19. The number of carbonyl (C=O) groups is 2. The minimum Gasteiger partial charge on any atom is -0.481 e. The van der Waals surface area contributed by atoms with Crippen LogP contribution in [0, 0.1) is 10.1 Å². The van der Waals surface area contributed by atoms with Crippen LogP contribution in [0.2, 0.25) is 5.02 Å². The molecule has 0 radical (unpaired) electrons. The van der Waals surface area contributed by atoms with Crippen LogP contribution < -0.4 is 15.2 Å². The normalized spacial score (nSPS) is 14.5. The number of hydrogen-bond donors (Lipinski definition) is 1. The van der Waals surface area contributed by atoms with Gasteiger partial charge in [0.25, 0.3) is 11.8 Å². The fourth-order valence-corrected chi connectivity index (χ4v) is 3.38. The SMILES string of the molecule is O=C1NN(c2ccccc2)C(=O)C1=Cc1cccc([N+](=O)[O-])c1OCc1ccccc1Cl. The number of amides is 2. The molecule has 0 spiro atoms. The lowest BCUT2D eigenvalue weighted by atomic mass is 10.1. The highest BCUT2D eigenvalue weighted by molar-refractivity contribution is 6.32. The van der Waals surface area contributed by atoms with E-state index in [0.29, 0.717) is 16.3 Å². The van der Waals surface area contributed by atoms with Gasteiger partial charge in [-0.25, -0.2) is 5.01 Å². The van der Waals surface area contributed by atoms with Gasteiger partial charge in [-0.05, 0) is 24.3 Å². The number of anilines is 1. The van der Waals surface area contributed by atoms with Gasteiger partial charge in [-0.1, -0.05) is 60.1 Å². The number of carbonyl (C=O) groups excluding carboxylic acids is 2. The summed E-state index contributed by atoms with van der Waals surface area (Å²) >= 11 is 6.15. The molecule has 32 heavy (non-hydrogen) atoms. The molecule has 8 nitrogen and oxygen atoms in total. The number of nitrogens with zero attached hydrogens (tertiary/aromatic N) is 2. The summed E-state index contributed by atoms with van der Waals surface area (Å²) in [6, 6.07) is 19.8. The fraction of sp³-hybridized carbons (Fsp3) is 0.0435. The molecule has 3 aromatic rings. The van der Waals surface area contributed by atoms with Crippen molar-refractivity contribution in [2.24, 2.45) is 0 Å². The monoisotopic (exact) mass is 449 g/mol. The molecule has 1 heterocycles. The molecule has 1 aliphatic rings. The minimum atomic E-state index is -0.623. The molecule has 1 fully saturated rings. The van der Waals surface area contributed by atoms with Crippen LogP contribution in [0.5, 0.6) is 5.75 Å². The Bertz CT molecular complexity index is 1240. The summed E-state index contributed by atoms with van der Waals surface area (Å²) in [6.45, 7) is -0.0308. The Balaban J connectivity index is 1.70. The number of nitrogens with one attached hydrogen (secondary N) is 1. The first kappa shape index (κ1) is 21.1. The number of ether oxygens (including phenoxy) is 1. The quantitative estimate of drug-likeness (QED) is 0.262. The van der Waals surface area contributed by atoms with Crippen molar-refractivity contribution >= 4 is 40.9 Å². The summed E-state index contributed by atoms with van der Waals surface area (Å²) in [5.41, 5.74) is 3.38. The Kier molecular flexibility index (Phi) is 5.87. The highest BCUT2D eigenvalue weighted by Gasteiger charge is 2.35. The zero-order chi connectivity index (χ0) is 22.7. The highest BCUT2D eigenvalue weighted by Crippen LogP contribution is 2.34. The average Bonchev–Trinajstić information content (AvgIpc) is 3.08. The van der Waals surface area contributed by atoms with Crippen molar-refractivity contribution in [2.45, 2.75) is 6.61 Å². The molecular formula is C23H16ClN3O5. The van der Waals surface area contributed by atoms with E-state index in [9.17, 15) is 19.7 Å². The van der Waals surface area contributed by atoms with Gasteiger partial charge in [-0.3, -0.25) is 25.1 Å². The van der Waals surface area contributed by atoms with Gasteiger partial charge in [0.05, 0.1) is 10.6 Å². The topological polar surface area (TPSA) is 102 Å². The first-order valence-electron chi connectivity index (χ1n) is 9.51. The Morgan fingerprint density at radius 2 is 1.72 bits per heavy atom. The van der Waals surface area contributed by atoms with E-state index in [4.69, 9.17) is 16.3 Å². The molecule has 3 aromatic carbocycles. The van der Waals surface area contributed by atoms with E-state index in [0.717, 1.165) is 5.01 Å². The standard InChI is InChI=1S/C23H16ClN3O5/c24-19-11-5-4-7-16(19)14-32-21-15(8-6-12-20(21)27(30)31)13-18-22(28)25-26(23(18)29)17-9-2-1-3-10-17/h1-13H,14H2,(H,25,28). The first-order valence-corrected chi connectivity index (χ1v) is 9.89. The summed E-state index contributed by atoms with van der Waals surface area (Å²) in [5.74, 6) is -1.27. The smallest absolute Gasteiger partial charge is 0.311 e. The zero-order valence-corrected chi connectivity index (χ0v) is 17.3. The summed E-state index contributed by atoms with van der Waals surface area (Å²) in [5, 5.41) is 13.2. The number of halogens is 1. The van der Waals surface area contributed by atoms with E-state index in [1.54, 1.807) is 54.6 Å². The van der Waals surface area contributed by atoms with Crippen LogP contribution in [0.1, 0.15) is 11.1 Å². The summed E-state index contributed by atoms with van der Waals surface area (Å²) in [4.78, 5) is 36.3. The van der Waals surface area contributed by atoms with E-state index in [1.807, 2.05) is 0 Å². The van der Waals surface area contributed by atoms with Crippen LogP contribution in [0.15, 0.2) is 78.4 Å². The third-order valence-corrected chi connectivity index (χ3v) is 5.13. The maximum atomic E-state index is 12.9. The molecule has 2 amide bonds. The van der Waals surface area contributed by atoms with Crippen molar-refractivity contribution in [3.05, 3.63) is 105 Å². The second kappa shape index (κ2) is 8.91. The summed E-state index contributed by atoms with van der Waals surface area (Å²) in [7, 11) is 0. The highest BCUT2D eigenvalue weighted by atomic mass is 35.5. The first-order chi connectivity index (χ1) is 15.5. The largest absolute Gasteiger partial charge is 0.481 e. The Hall–Kier alpha value is -4.17. The van der Waals surface area contributed by atoms with E-state index in [-0.39, 0.29) is 29.2 Å². The minimum absolute atomic E-state index is 0.0308. The van der Waals surface area contributed by atoms with Crippen molar-refractivity contribution in [1.82, 2.24) is 5.43 Å². The van der Waals surface area contributed by atoms with Crippen LogP contribution >= 0.6 is 11.6 Å². The predicted octanol–water partition coefficient (Wildman–Crippen LogP) is 4.29. The predicted molar refractivity (Wildman–Crippen MR) is 119 cm³/mol. The van der Waals surface area contributed by atoms with E-state index >= 15 is 0 Å². The molecule has 1 saturated heterocycles. The number of nitro groups is 1. The maximum absolute atomic E-state index is 12.9. The van der Waals surface area contributed by atoms with Crippen LogP contribution in [0.3, 0.4) is 0 Å². The summed E-state index contributed by atoms with van der Waals surface area (Å²) in [6.07, 6.45) is 1.29. The summed E-state index contributed by atoms with van der Waals surface area (Å²) < 4.78 is 5.76. The zero-order valence-electron chi connectivity index (χ0n) is 16.5. The molecule has 1 N–H and O–H groups in total. The van der Waals surface area contributed by atoms with Crippen LogP contribution in [-0.4, -0.2) is 16.7 Å². The van der Waals surface area contributed by atoms with Gasteiger partial charge in [0, 0.05) is 22.2 Å². The van der Waals surface area contributed by atoms with Gasteiger partial charge in [-0.2, -0.15) is 0 Å². The maximum Gasteiger partial charge on any atom is 0.311 e. The Labute approximate surface area is 187 Å². The van der Waals surface area contributed by atoms with Gasteiger partial charge in [-0.15, -0.1) is 0 Å².